The van der Waals surface area contributed by atoms with Crippen LogP contribution >= 0.6 is 0 Å². The van der Waals surface area contributed by atoms with E-state index in [1.807, 2.05) is 43.3 Å². The maximum atomic E-state index is 13.2. The van der Waals surface area contributed by atoms with Crippen molar-refractivity contribution >= 4 is 11.7 Å². The highest BCUT2D eigenvalue weighted by molar-refractivity contribution is 5.90. The largest absolute Gasteiger partial charge is 0.334 e. The van der Waals surface area contributed by atoms with Gasteiger partial charge >= 0.3 is 6.03 Å². The van der Waals surface area contributed by atoms with Gasteiger partial charge in [-0.25, -0.2) is 4.79 Å². The molecule has 0 saturated carbocycles. The molecule has 30 heavy (non-hydrogen) atoms. The van der Waals surface area contributed by atoms with Crippen LogP contribution in [0.3, 0.4) is 0 Å². The minimum absolute atomic E-state index is 0.236. The van der Waals surface area contributed by atoms with Gasteiger partial charge in [-0.15, -0.1) is 0 Å². The van der Waals surface area contributed by atoms with Gasteiger partial charge in [0.25, 0.3) is 11.4 Å². The Labute approximate surface area is 174 Å². The highest BCUT2D eigenvalue weighted by Gasteiger charge is 2.31. The predicted octanol–water partition coefficient (Wildman–Crippen LogP) is 3.89. The molecule has 2 amide bonds. The van der Waals surface area contributed by atoms with E-state index in [2.05, 4.69) is 15.5 Å². The number of aromatic nitrogens is 3. The molecule has 0 unspecified atom stereocenters. The molecule has 1 saturated heterocycles. The monoisotopic (exact) mass is 407 g/mol. The van der Waals surface area contributed by atoms with E-state index in [9.17, 15) is 9.59 Å². The van der Waals surface area contributed by atoms with E-state index in [-0.39, 0.29) is 17.6 Å². The maximum Gasteiger partial charge on any atom is 0.322 e. The molecule has 0 aliphatic carbocycles. The lowest BCUT2D eigenvalue weighted by atomic mass is 10.1. The molecular weight excluding hydrogens is 382 g/mol. The number of nitrogens with one attached hydrogen (secondary N) is 1. The fourth-order valence-electron chi connectivity index (χ4n) is 3.74. The van der Waals surface area contributed by atoms with Gasteiger partial charge in [0.15, 0.2) is 5.82 Å². The Morgan fingerprint density at radius 2 is 1.97 bits per heavy atom. The van der Waals surface area contributed by atoms with Crippen LogP contribution in [-0.2, 0) is 7.05 Å². The number of likely N-dealkylation sites (tertiary alicyclic amines) is 1. The first-order chi connectivity index (χ1) is 14.5. The summed E-state index contributed by atoms with van der Waals surface area (Å²) in [6.45, 7) is 2.38. The highest BCUT2D eigenvalue weighted by Crippen LogP contribution is 2.30. The van der Waals surface area contributed by atoms with Gasteiger partial charge in [0.1, 0.15) is 5.69 Å². The van der Waals surface area contributed by atoms with Crippen molar-refractivity contribution in [1.29, 1.82) is 0 Å². The van der Waals surface area contributed by atoms with E-state index < -0.39 is 0 Å². The quantitative estimate of drug-likeness (QED) is 0.711. The average molecular weight is 407 g/mol. The second-order valence-electron chi connectivity index (χ2n) is 7.60. The third kappa shape index (κ3) is 3.98. The zero-order valence-electron chi connectivity index (χ0n) is 17.2. The zero-order valence-corrected chi connectivity index (χ0v) is 17.2. The average Bonchev–Trinajstić information content (AvgIpc) is 3.12. The number of amides is 2. The Balaban J connectivity index is 1.61. The van der Waals surface area contributed by atoms with Gasteiger partial charge in [-0.3, -0.25) is 4.79 Å². The third-order valence-corrected chi connectivity index (χ3v) is 5.48. The van der Waals surface area contributed by atoms with Crippen LogP contribution < -0.4 is 10.9 Å². The maximum absolute atomic E-state index is 13.2. The SMILES string of the molecule is Cc1ccn(C)c(=O)c1NC(=O)N1CCCCC[C@H]1c1noc(-c2ccccc2)n1. The topological polar surface area (TPSA) is 93.3 Å². The Bertz CT molecular complexity index is 1090. The number of hydrogen-bond donors (Lipinski definition) is 1. The fourth-order valence-corrected chi connectivity index (χ4v) is 3.74. The summed E-state index contributed by atoms with van der Waals surface area (Å²) >= 11 is 0. The van der Waals surface area contributed by atoms with Crippen LogP contribution in [0.4, 0.5) is 10.5 Å². The van der Waals surface area contributed by atoms with Crippen LogP contribution in [0.1, 0.15) is 43.1 Å². The molecule has 1 aliphatic rings. The Hall–Kier alpha value is -3.42. The first kappa shape index (κ1) is 19.9. The van der Waals surface area contributed by atoms with Crippen LogP contribution in [0.2, 0.25) is 0 Å². The number of hydrogen-bond acceptors (Lipinski definition) is 5. The summed E-state index contributed by atoms with van der Waals surface area (Å²) in [6.07, 6.45) is 5.31. The second kappa shape index (κ2) is 8.52. The molecule has 8 heteroatoms. The normalized spacial score (nSPS) is 16.9. The summed E-state index contributed by atoms with van der Waals surface area (Å²) in [4.78, 5) is 31.9. The van der Waals surface area contributed by atoms with E-state index in [1.54, 1.807) is 18.1 Å². The summed E-state index contributed by atoms with van der Waals surface area (Å²) in [5, 5.41) is 7.00. The van der Waals surface area contributed by atoms with Crippen LogP contribution in [0.15, 0.2) is 51.9 Å². The highest BCUT2D eigenvalue weighted by atomic mass is 16.5. The predicted molar refractivity (Wildman–Crippen MR) is 113 cm³/mol. The number of aryl methyl sites for hydroxylation is 2. The van der Waals surface area contributed by atoms with Gasteiger partial charge in [-0.2, -0.15) is 4.98 Å². The first-order valence-electron chi connectivity index (χ1n) is 10.2. The molecule has 1 N–H and O–H groups in total. The molecule has 1 atom stereocenters. The molecule has 8 nitrogen and oxygen atoms in total. The molecule has 1 aromatic carbocycles. The van der Waals surface area contributed by atoms with E-state index in [0.29, 0.717) is 23.9 Å². The lowest BCUT2D eigenvalue weighted by Gasteiger charge is -2.28. The zero-order chi connectivity index (χ0) is 21.1. The number of urea groups is 1. The smallest absolute Gasteiger partial charge is 0.322 e. The number of nitrogens with zero attached hydrogens (tertiary/aromatic N) is 4. The molecule has 1 fully saturated rings. The number of benzene rings is 1. The van der Waals surface area contributed by atoms with Crippen molar-refractivity contribution in [3.8, 4) is 11.5 Å². The van der Waals surface area contributed by atoms with E-state index in [4.69, 9.17) is 4.52 Å². The summed E-state index contributed by atoms with van der Waals surface area (Å²) in [5.41, 5.74) is 1.62. The summed E-state index contributed by atoms with van der Waals surface area (Å²) in [7, 11) is 1.66. The van der Waals surface area contributed by atoms with Gasteiger partial charge in [0.05, 0.1) is 6.04 Å². The first-order valence-corrected chi connectivity index (χ1v) is 10.2. The minimum atomic E-state index is -0.320. The van der Waals surface area contributed by atoms with Gasteiger partial charge in [-0.1, -0.05) is 36.2 Å². The van der Waals surface area contributed by atoms with Crippen molar-refractivity contribution in [1.82, 2.24) is 19.6 Å². The van der Waals surface area contributed by atoms with Gasteiger partial charge in [0, 0.05) is 25.4 Å². The van der Waals surface area contributed by atoms with Crippen molar-refractivity contribution in [3.05, 3.63) is 64.3 Å². The fraction of sp³-hybridized carbons (Fsp3) is 0.364. The Kier molecular flexibility index (Phi) is 5.65. The summed E-state index contributed by atoms with van der Waals surface area (Å²) in [5.74, 6) is 0.923. The van der Waals surface area contributed by atoms with Crippen molar-refractivity contribution < 1.29 is 9.32 Å². The number of pyridine rings is 1. The molecule has 3 heterocycles. The van der Waals surface area contributed by atoms with Crippen LogP contribution in [0, 0.1) is 6.92 Å². The minimum Gasteiger partial charge on any atom is -0.334 e. The van der Waals surface area contributed by atoms with Crippen molar-refractivity contribution in [2.45, 2.75) is 38.6 Å². The Morgan fingerprint density at radius 3 is 2.77 bits per heavy atom. The molecule has 2 aromatic heterocycles. The van der Waals surface area contributed by atoms with Crippen LogP contribution in [0.5, 0.6) is 0 Å². The number of anilines is 1. The molecule has 1 aliphatic heterocycles. The molecule has 156 valence electrons. The van der Waals surface area contributed by atoms with Crippen molar-refractivity contribution in [2.24, 2.45) is 7.05 Å². The van der Waals surface area contributed by atoms with E-state index in [0.717, 1.165) is 36.8 Å². The second-order valence-corrected chi connectivity index (χ2v) is 7.60. The van der Waals surface area contributed by atoms with Crippen LogP contribution in [-0.4, -0.2) is 32.2 Å². The molecular formula is C22H25N5O3. The summed E-state index contributed by atoms with van der Waals surface area (Å²) < 4.78 is 6.92. The standard InChI is InChI=1S/C22H25N5O3/c1-15-12-14-26(2)21(28)18(15)23-22(29)27-13-8-4-7-11-17(27)19-24-20(30-25-19)16-9-5-3-6-10-16/h3,5-6,9-10,12,14,17H,4,7-8,11,13H2,1-2H3,(H,23,29)/t17-/m0/s1. The lowest BCUT2D eigenvalue weighted by molar-refractivity contribution is 0.184. The van der Waals surface area contributed by atoms with Gasteiger partial charge < -0.3 is 19.3 Å². The molecule has 4 rings (SSSR count). The number of carbonyl (C=O) groups excluding carboxylic acids is 1. The number of carbonyl (C=O) groups is 1. The lowest BCUT2D eigenvalue weighted by Crippen LogP contribution is -2.40. The Morgan fingerprint density at radius 1 is 1.17 bits per heavy atom. The molecule has 0 spiro atoms. The van der Waals surface area contributed by atoms with Crippen LogP contribution in [0.25, 0.3) is 11.5 Å². The molecule has 3 aromatic rings. The van der Waals surface area contributed by atoms with Crippen molar-refractivity contribution in [2.75, 3.05) is 11.9 Å². The molecule has 0 bridgehead atoms. The van der Waals surface area contributed by atoms with Gasteiger partial charge in [0.2, 0.25) is 0 Å². The van der Waals surface area contributed by atoms with Gasteiger partial charge in [-0.05, 0) is 43.5 Å². The number of rotatable bonds is 3. The van der Waals surface area contributed by atoms with E-state index in [1.165, 1.54) is 4.57 Å². The summed E-state index contributed by atoms with van der Waals surface area (Å²) in [6, 6.07) is 10.7. The van der Waals surface area contributed by atoms with Crippen molar-refractivity contribution in [3.63, 3.8) is 0 Å². The third-order valence-electron chi connectivity index (χ3n) is 5.48. The van der Waals surface area contributed by atoms with E-state index >= 15 is 0 Å². The molecule has 0 radical (unpaired) electrons.